The molecule has 5 heteroatoms. The van der Waals surface area contributed by atoms with Crippen molar-refractivity contribution < 1.29 is 24.4 Å². The summed E-state index contributed by atoms with van der Waals surface area (Å²) in [6, 6.07) is 8.92. The molecule has 5 nitrogen and oxygen atoms in total. The fourth-order valence-corrected chi connectivity index (χ4v) is 2.70. The quantitative estimate of drug-likeness (QED) is 0.734. The Kier molecular flexibility index (Phi) is 7.62. The van der Waals surface area contributed by atoms with Crippen molar-refractivity contribution in [1.29, 1.82) is 0 Å². The van der Waals surface area contributed by atoms with E-state index in [4.69, 9.17) is 14.2 Å². The van der Waals surface area contributed by atoms with Crippen LogP contribution in [0, 0.1) is 0 Å². The topological polar surface area (TPSA) is 68.2 Å². The monoisotopic (exact) mass is 390 g/mol. The Morgan fingerprint density at radius 3 is 1.32 bits per heavy atom. The first-order chi connectivity index (χ1) is 12.9. The second-order valence-corrected chi connectivity index (χ2v) is 8.58. The standard InChI is InChI=1S/C15H24O2.C8H10O3/c1-14(2,3)11-8-10(17-7)9-12(13(11)16)15(4,5)6;1-10-6-4-3-5-7(11-2)8(6)9/h8-9,16H,1-7H3;3-5,9H,1-2H3. The summed E-state index contributed by atoms with van der Waals surface area (Å²) in [5, 5.41) is 19.8. The van der Waals surface area contributed by atoms with E-state index in [9.17, 15) is 10.2 Å². The van der Waals surface area contributed by atoms with E-state index < -0.39 is 0 Å². The maximum atomic E-state index is 10.4. The first-order valence-corrected chi connectivity index (χ1v) is 9.18. The van der Waals surface area contributed by atoms with Crippen LogP contribution < -0.4 is 14.2 Å². The molecule has 0 unspecified atom stereocenters. The average molecular weight is 391 g/mol. The summed E-state index contributed by atoms with van der Waals surface area (Å²) in [5.74, 6) is 2.08. The smallest absolute Gasteiger partial charge is 0.200 e. The predicted molar refractivity (Wildman–Crippen MR) is 113 cm³/mol. The lowest BCUT2D eigenvalue weighted by molar-refractivity contribution is 0.340. The maximum absolute atomic E-state index is 10.4. The van der Waals surface area contributed by atoms with Crippen molar-refractivity contribution in [1.82, 2.24) is 0 Å². The lowest BCUT2D eigenvalue weighted by Crippen LogP contribution is -2.17. The molecule has 0 radical (unpaired) electrons. The van der Waals surface area contributed by atoms with Crippen LogP contribution in [0.4, 0.5) is 0 Å². The van der Waals surface area contributed by atoms with Crippen molar-refractivity contribution in [3.8, 4) is 28.7 Å². The first kappa shape index (κ1) is 23.5. The van der Waals surface area contributed by atoms with Crippen LogP contribution in [0.5, 0.6) is 28.7 Å². The molecule has 0 saturated carbocycles. The Hall–Kier alpha value is -2.56. The van der Waals surface area contributed by atoms with E-state index >= 15 is 0 Å². The zero-order valence-electron chi connectivity index (χ0n) is 18.5. The molecule has 28 heavy (non-hydrogen) atoms. The molecule has 0 bridgehead atoms. The fraction of sp³-hybridized carbons (Fsp3) is 0.478. The fourth-order valence-electron chi connectivity index (χ4n) is 2.70. The van der Waals surface area contributed by atoms with Gasteiger partial charge in [0.1, 0.15) is 11.5 Å². The highest BCUT2D eigenvalue weighted by Crippen LogP contribution is 2.41. The van der Waals surface area contributed by atoms with E-state index in [2.05, 4.69) is 41.5 Å². The van der Waals surface area contributed by atoms with Crippen LogP contribution >= 0.6 is 0 Å². The van der Waals surface area contributed by atoms with Gasteiger partial charge in [0.05, 0.1) is 21.3 Å². The number of benzene rings is 2. The summed E-state index contributed by atoms with van der Waals surface area (Å²) in [4.78, 5) is 0. The van der Waals surface area contributed by atoms with Crippen molar-refractivity contribution >= 4 is 0 Å². The molecule has 0 spiro atoms. The maximum Gasteiger partial charge on any atom is 0.200 e. The summed E-state index contributed by atoms with van der Waals surface area (Å²) in [5.41, 5.74) is 1.67. The number of phenols is 2. The van der Waals surface area contributed by atoms with Crippen molar-refractivity contribution in [2.75, 3.05) is 21.3 Å². The third kappa shape index (κ3) is 5.72. The molecule has 2 aromatic rings. The van der Waals surface area contributed by atoms with Gasteiger partial charge in [0.25, 0.3) is 0 Å². The Morgan fingerprint density at radius 2 is 1.04 bits per heavy atom. The highest BCUT2D eigenvalue weighted by atomic mass is 16.5. The number of ether oxygens (including phenoxy) is 3. The molecule has 0 aromatic heterocycles. The van der Waals surface area contributed by atoms with Gasteiger partial charge >= 0.3 is 0 Å². The largest absolute Gasteiger partial charge is 0.507 e. The number of rotatable bonds is 3. The minimum Gasteiger partial charge on any atom is -0.507 e. The van der Waals surface area contributed by atoms with Crippen LogP contribution in [0.15, 0.2) is 30.3 Å². The van der Waals surface area contributed by atoms with Gasteiger partial charge in [-0.3, -0.25) is 0 Å². The average Bonchev–Trinajstić information content (AvgIpc) is 2.60. The van der Waals surface area contributed by atoms with Gasteiger partial charge in [0.2, 0.25) is 5.75 Å². The summed E-state index contributed by atoms with van der Waals surface area (Å²) in [6.07, 6.45) is 0. The van der Waals surface area contributed by atoms with Crippen LogP contribution in [0.25, 0.3) is 0 Å². The Balaban J connectivity index is 0.000000307. The third-order valence-electron chi connectivity index (χ3n) is 4.34. The number of para-hydroxylation sites is 1. The van der Waals surface area contributed by atoms with Crippen LogP contribution in [-0.4, -0.2) is 31.5 Å². The summed E-state index contributed by atoms with van der Waals surface area (Å²) < 4.78 is 15.0. The third-order valence-corrected chi connectivity index (χ3v) is 4.34. The van der Waals surface area contributed by atoms with Crippen molar-refractivity contribution in [2.45, 2.75) is 52.4 Å². The molecule has 0 aliphatic carbocycles. The summed E-state index contributed by atoms with van der Waals surface area (Å²) >= 11 is 0. The number of methoxy groups -OCH3 is 3. The number of aromatic hydroxyl groups is 2. The van der Waals surface area contributed by atoms with Gasteiger partial charge in [-0.05, 0) is 35.1 Å². The molecule has 0 saturated heterocycles. The second kappa shape index (κ2) is 9.09. The molecule has 2 rings (SSSR count). The number of hydrogen-bond acceptors (Lipinski definition) is 5. The molecule has 0 atom stereocenters. The molecule has 156 valence electrons. The summed E-state index contributed by atoms with van der Waals surface area (Å²) in [7, 11) is 4.65. The highest BCUT2D eigenvalue weighted by Gasteiger charge is 2.26. The van der Waals surface area contributed by atoms with Gasteiger partial charge in [0.15, 0.2) is 11.5 Å². The van der Waals surface area contributed by atoms with Crippen molar-refractivity contribution in [3.63, 3.8) is 0 Å². The van der Waals surface area contributed by atoms with E-state index in [1.807, 2.05) is 12.1 Å². The SMILES string of the molecule is COc1cc(C(C)(C)C)c(O)c(C(C)(C)C)c1.COc1cccc(OC)c1O. The van der Waals surface area contributed by atoms with Crippen molar-refractivity contribution in [3.05, 3.63) is 41.5 Å². The van der Waals surface area contributed by atoms with Crippen LogP contribution in [0.1, 0.15) is 52.7 Å². The zero-order valence-corrected chi connectivity index (χ0v) is 18.5. The molecule has 0 amide bonds. The van der Waals surface area contributed by atoms with Gasteiger partial charge < -0.3 is 24.4 Å². The summed E-state index contributed by atoms with van der Waals surface area (Å²) in [6.45, 7) is 12.5. The molecular weight excluding hydrogens is 356 g/mol. The number of hydrogen-bond donors (Lipinski definition) is 2. The van der Waals surface area contributed by atoms with E-state index in [1.54, 1.807) is 25.3 Å². The Morgan fingerprint density at radius 1 is 0.643 bits per heavy atom. The molecule has 0 fully saturated rings. The van der Waals surface area contributed by atoms with Gasteiger partial charge in [-0.1, -0.05) is 47.6 Å². The van der Waals surface area contributed by atoms with E-state index in [0.717, 1.165) is 16.9 Å². The number of phenolic OH excluding ortho intramolecular Hbond substituents is 2. The minimum atomic E-state index is -0.0986. The molecular formula is C23H34O5. The molecule has 2 aromatic carbocycles. The lowest BCUT2D eigenvalue weighted by atomic mass is 9.79. The van der Waals surface area contributed by atoms with Crippen LogP contribution in [-0.2, 0) is 10.8 Å². The molecule has 0 aliphatic rings. The lowest BCUT2D eigenvalue weighted by Gasteiger charge is -2.27. The van der Waals surface area contributed by atoms with E-state index in [1.165, 1.54) is 14.2 Å². The van der Waals surface area contributed by atoms with Gasteiger partial charge in [-0.25, -0.2) is 0 Å². The second-order valence-electron chi connectivity index (χ2n) is 8.58. The highest BCUT2D eigenvalue weighted by molar-refractivity contribution is 5.52. The zero-order chi connectivity index (χ0) is 21.7. The Bertz CT molecular complexity index is 725. The van der Waals surface area contributed by atoms with Crippen molar-refractivity contribution in [2.24, 2.45) is 0 Å². The normalized spacial score (nSPS) is 11.3. The predicted octanol–water partition coefficient (Wildman–Crippen LogP) is 5.41. The molecule has 2 N–H and O–H groups in total. The van der Waals surface area contributed by atoms with Gasteiger partial charge in [-0.15, -0.1) is 0 Å². The van der Waals surface area contributed by atoms with E-state index in [-0.39, 0.29) is 16.6 Å². The van der Waals surface area contributed by atoms with Crippen LogP contribution in [0.3, 0.4) is 0 Å². The van der Waals surface area contributed by atoms with Gasteiger partial charge in [-0.2, -0.15) is 0 Å². The van der Waals surface area contributed by atoms with Gasteiger partial charge in [0, 0.05) is 11.1 Å². The molecule has 0 aliphatic heterocycles. The first-order valence-electron chi connectivity index (χ1n) is 9.18. The Labute approximate surface area is 168 Å². The minimum absolute atomic E-state index is 0.0394. The van der Waals surface area contributed by atoms with Crippen LogP contribution in [0.2, 0.25) is 0 Å². The molecule has 0 heterocycles. The van der Waals surface area contributed by atoms with E-state index in [0.29, 0.717) is 17.2 Å².